The highest BCUT2D eigenvalue weighted by molar-refractivity contribution is 6.48. The minimum absolute atomic E-state index is 0.0703. The zero-order valence-corrected chi connectivity index (χ0v) is 9.15. The van der Waals surface area contributed by atoms with Gasteiger partial charge in [0.25, 0.3) is 0 Å². The molecule has 0 spiro atoms. The van der Waals surface area contributed by atoms with Crippen LogP contribution in [0.25, 0.3) is 0 Å². The first-order valence-corrected chi connectivity index (χ1v) is 4.90. The summed E-state index contributed by atoms with van der Waals surface area (Å²) in [6.45, 7) is 6.51. The fraction of sp³-hybridized carbons (Fsp3) is 0.545. The Balaban J connectivity index is 2.42. The molecule has 3 heteroatoms. The van der Waals surface area contributed by atoms with Crippen molar-refractivity contribution in [2.75, 3.05) is 7.05 Å². The summed E-state index contributed by atoms with van der Waals surface area (Å²) in [6, 6.07) is 0. The lowest BCUT2D eigenvalue weighted by molar-refractivity contribution is -0.494. The van der Waals surface area contributed by atoms with Crippen molar-refractivity contribution in [3.8, 4) is 0 Å². The van der Waals surface area contributed by atoms with E-state index < -0.39 is 0 Å². The van der Waals surface area contributed by atoms with E-state index in [1.165, 1.54) is 0 Å². The molecule has 14 heavy (non-hydrogen) atoms. The minimum Gasteiger partial charge on any atom is -0.259 e. The minimum atomic E-state index is 0.0703. The molecule has 0 saturated heterocycles. The Morgan fingerprint density at radius 1 is 1.36 bits per heavy atom. The Hall–Kier alpha value is -1.25. The molecule has 0 aliphatic carbocycles. The van der Waals surface area contributed by atoms with Crippen LogP contribution in [0.5, 0.6) is 0 Å². The normalized spacial score (nSPS) is 25.4. The van der Waals surface area contributed by atoms with E-state index in [1.54, 1.807) is 0 Å². The number of rotatable bonds is 0. The molecule has 1 unspecified atom stereocenters. The average molecular weight is 190 g/mol. The zero-order valence-electron chi connectivity index (χ0n) is 9.15. The van der Waals surface area contributed by atoms with Gasteiger partial charge in [-0.15, -0.1) is 0 Å². The summed E-state index contributed by atoms with van der Waals surface area (Å²) in [6.07, 6.45) is 6.07. The molecule has 2 aliphatic heterocycles. The third-order valence-electron chi connectivity index (χ3n) is 2.41. The SMILES string of the molecule is C[N+]1=CC2C=CN=C(C(C)(C)C)C2=N1. The Kier molecular flexibility index (Phi) is 1.91. The molecule has 0 aromatic carbocycles. The molecular weight excluding hydrogens is 174 g/mol. The summed E-state index contributed by atoms with van der Waals surface area (Å²) in [5.41, 5.74) is 2.27. The topological polar surface area (TPSA) is 27.7 Å². The van der Waals surface area contributed by atoms with Crippen molar-refractivity contribution >= 4 is 17.6 Å². The molecule has 0 amide bonds. The maximum absolute atomic E-state index is 4.47. The molecule has 0 aromatic heterocycles. The van der Waals surface area contributed by atoms with Crippen LogP contribution in [0.4, 0.5) is 0 Å². The fourth-order valence-electron chi connectivity index (χ4n) is 1.77. The van der Waals surface area contributed by atoms with E-state index in [9.17, 15) is 0 Å². The van der Waals surface area contributed by atoms with Gasteiger partial charge in [-0.05, 0) is 11.2 Å². The number of allylic oxidation sites excluding steroid dienone is 1. The zero-order chi connectivity index (χ0) is 10.3. The molecule has 0 fully saturated rings. The van der Waals surface area contributed by atoms with Crippen LogP contribution in [-0.4, -0.2) is 29.4 Å². The van der Waals surface area contributed by atoms with Crippen LogP contribution in [0.1, 0.15) is 20.8 Å². The van der Waals surface area contributed by atoms with Gasteiger partial charge in [-0.2, -0.15) is 0 Å². The van der Waals surface area contributed by atoms with Crippen molar-refractivity contribution in [1.82, 2.24) is 0 Å². The van der Waals surface area contributed by atoms with Gasteiger partial charge < -0.3 is 0 Å². The van der Waals surface area contributed by atoms with Gasteiger partial charge in [0.2, 0.25) is 0 Å². The molecule has 74 valence electrons. The molecule has 0 radical (unpaired) electrons. The van der Waals surface area contributed by atoms with Crippen LogP contribution in [0, 0.1) is 11.3 Å². The van der Waals surface area contributed by atoms with E-state index in [2.05, 4.69) is 43.2 Å². The summed E-state index contributed by atoms with van der Waals surface area (Å²) in [4.78, 5) is 4.44. The number of fused-ring (bicyclic) bond motifs is 1. The van der Waals surface area contributed by atoms with Crippen molar-refractivity contribution < 1.29 is 4.68 Å². The second kappa shape index (κ2) is 2.87. The lowest BCUT2D eigenvalue weighted by Gasteiger charge is -2.23. The summed E-state index contributed by atoms with van der Waals surface area (Å²) in [5.74, 6) is 0.326. The smallest absolute Gasteiger partial charge is 0.185 e. The van der Waals surface area contributed by atoms with Gasteiger partial charge in [0.15, 0.2) is 13.3 Å². The van der Waals surface area contributed by atoms with Crippen LogP contribution in [0.2, 0.25) is 0 Å². The summed E-state index contributed by atoms with van der Waals surface area (Å²) >= 11 is 0. The van der Waals surface area contributed by atoms with Crippen LogP contribution >= 0.6 is 0 Å². The number of nitrogens with zero attached hydrogens (tertiary/aromatic N) is 3. The van der Waals surface area contributed by atoms with Crippen molar-refractivity contribution in [2.24, 2.45) is 21.4 Å². The van der Waals surface area contributed by atoms with Gasteiger partial charge in [0.1, 0.15) is 11.6 Å². The largest absolute Gasteiger partial charge is 0.259 e. The Morgan fingerprint density at radius 3 is 2.71 bits per heavy atom. The molecule has 2 heterocycles. The first-order chi connectivity index (χ1) is 6.48. The van der Waals surface area contributed by atoms with Gasteiger partial charge in [-0.3, -0.25) is 4.99 Å². The molecule has 0 bridgehead atoms. The van der Waals surface area contributed by atoms with Gasteiger partial charge in [0.05, 0.1) is 5.71 Å². The predicted molar refractivity (Wildman–Crippen MR) is 59.2 cm³/mol. The Bertz CT molecular complexity index is 378. The number of aliphatic imine (C=N–C) groups is 1. The van der Waals surface area contributed by atoms with Crippen molar-refractivity contribution in [2.45, 2.75) is 20.8 Å². The summed E-state index contributed by atoms with van der Waals surface area (Å²) in [7, 11) is 1.96. The molecule has 3 nitrogen and oxygen atoms in total. The van der Waals surface area contributed by atoms with E-state index in [-0.39, 0.29) is 5.41 Å². The molecule has 1 atom stereocenters. The van der Waals surface area contributed by atoms with E-state index >= 15 is 0 Å². The third kappa shape index (κ3) is 1.43. The molecule has 0 N–H and O–H groups in total. The van der Waals surface area contributed by atoms with E-state index in [4.69, 9.17) is 0 Å². The highest BCUT2D eigenvalue weighted by atomic mass is 15.4. The molecular formula is C11H16N3+. The molecule has 2 aliphatic rings. The van der Waals surface area contributed by atoms with Crippen LogP contribution in [-0.2, 0) is 0 Å². The molecule has 0 saturated carbocycles. The Morgan fingerprint density at radius 2 is 2.07 bits per heavy atom. The van der Waals surface area contributed by atoms with Crippen molar-refractivity contribution in [3.63, 3.8) is 0 Å². The third-order valence-corrected chi connectivity index (χ3v) is 2.41. The quantitative estimate of drug-likeness (QED) is 0.520. The lowest BCUT2D eigenvalue weighted by atomic mass is 9.82. The number of hydrazone groups is 1. The second-order valence-electron chi connectivity index (χ2n) is 4.80. The van der Waals surface area contributed by atoms with Gasteiger partial charge in [-0.25, -0.2) is 0 Å². The average Bonchev–Trinajstić information content (AvgIpc) is 2.41. The first kappa shape index (κ1) is 9.31. The maximum atomic E-state index is 4.47. The van der Waals surface area contributed by atoms with Gasteiger partial charge in [0, 0.05) is 11.6 Å². The highest BCUT2D eigenvalue weighted by Gasteiger charge is 2.35. The maximum Gasteiger partial charge on any atom is 0.185 e. The predicted octanol–water partition coefficient (Wildman–Crippen LogP) is 1.70. The second-order valence-corrected chi connectivity index (χ2v) is 4.80. The van der Waals surface area contributed by atoms with Crippen LogP contribution < -0.4 is 0 Å². The molecule has 2 rings (SSSR count). The lowest BCUT2D eigenvalue weighted by Crippen LogP contribution is -2.33. The van der Waals surface area contributed by atoms with E-state index in [0.717, 1.165) is 11.4 Å². The highest BCUT2D eigenvalue weighted by Crippen LogP contribution is 2.24. The summed E-state index contributed by atoms with van der Waals surface area (Å²) in [5, 5.41) is 4.47. The van der Waals surface area contributed by atoms with Crippen molar-refractivity contribution in [3.05, 3.63) is 12.3 Å². The van der Waals surface area contributed by atoms with E-state index in [1.807, 2.05) is 17.9 Å². The van der Waals surface area contributed by atoms with Crippen molar-refractivity contribution in [1.29, 1.82) is 0 Å². The van der Waals surface area contributed by atoms with Crippen LogP contribution in [0.3, 0.4) is 0 Å². The first-order valence-electron chi connectivity index (χ1n) is 4.90. The Labute approximate surface area is 84.6 Å². The number of hydrogen-bond donors (Lipinski definition) is 0. The summed E-state index contributed by atoms with van der Waals surface area (Å²) < 4.78 is 1.87. The monoisotopic (exact) mass is 190 g/mol. The van der Waals surface area contributed by atoms with Gasteiger partial charge >= 0.3 is 0 Å². The molecule has 0 aromatic rings. The standard InChI is InChI=1S/C11H16N3/c1-11(2,3)10-9-8(5-6-12-10)7-14(4)13-9/h5-8H,1-4H3/q+1. The van der Waals surface area contributed by atoms with E-state index in [0.29, 0.717) is 5.92 Å². The van der Waals surface area contributed by atoms with Gasteiger partial charge in [-0.1, -0.05) is 25.5 Å². The van der Waals surface area contributed by atoms with Crippen LogP contribution in [0.15, 0.2) is 22.4 Å². The fourth-order valence-corrected chi connectivity index (χ4v) is 1.77. The number of hydrogen-bond acceptors (Lipinski definition) is 2.